The van der Waals surface area contributed by atoms with Gasteiger partial charge in [0.2, 0.25) is 0 Å². The number of aliphatic hydroxyl groups excluding tert-OH is 1. The van der Waals surface area contributed by atoms with Gasteiger partial charge in [-0.3, -0.25) is 0 Å². The Kier molecular flexibility index (Phi) is 2.56. The van der Waals surface area contributed by atoms with E-state index in [4.69, 9.17) is 9.52 Å². The fourth-order valence-electron chi connectivity index (χ4n) is 1.56. The van der Waals surface area contributed by atoms with E-state index < -0.39 is 0 Å². The molecule has 2 rings (SSSR count). The van der Waals surface area contributed by atoms with E-state index in [0.717, 1.165) is 10.9 Å². The first-order valence-electron chi connectivity index (χ1n) is 4.91. The third kappa shape index (κ3) is 1.78. The quantitative estimate of drug-likeness (QED) is 0.812. The van der Waals surface area contributed by atoms with Crippen molar-refractivity contribution in [3.63, 3.8) is 0 Å². The fourth-order valence-corrected chi connectivity index (χ4v) is 1.56. The van der Waals surface area contributed by atoms with E-state index in [-0.39, 0.29) is 12.2 Å². The molecule has 2 aromatic rings. The van der Waals surface area contributed by atoms with Crippen molar-refractivity contribution < 1.29 is 9.52 Å². The minimum Gasteiger partial charge on any atom is -0.427 e. The Bertz CT molecular complexity index is 540. The third-order valence-corrected chi connectivity index (χ3v) is 2.41. The maximum atomic E-state index is 11.6. The third-order valence-electron chi connectivity index (χ3n) is 2.41. The Balaban J connectivity index is 2.74. The van der Waals surface area contributed by atoms with E-state index in [2.05, 4.69) is 0 Å². The number of hydrogen-bond donors (Lipinski definition) is 1. The van der Waals surface area contributed by atoms with E-state index in [0.29, 0.717) is 17.6 Å². The fraction of sp³-hybridized carbons (Fsp3) is 0.250. The highest BCUT2D eigenvalue weighted by Crippen LogP contribution is 2.14. The van der Waals surface area contributed by atoms with Gasteiger partial charge in [0.15, 0.2) is 0 Å². The van der Waals surface area contributed by atoms with Crippen LogP contribution in [0.1, 0.15) is 18.2 Å². The van der Waals surface area contributed by atoms with E-state index in [1.165, 1.54) is 0 Å². The van der Waals surface area contributed by atoms with Gasteiger partial charge in [0, 0.05) is 6.42 Å². The molecule has 0 amide bonds. The number of fused-ring (bicyclic) bond motifs is 1. The number of hydrogen-bond acceptors (Lipinski definition) is 3. The second-order valence-corrected chi connectivity index (χ2v) is 3.43. The molecule has 0 aliphatic rings. The molecule has 1 N–H and O–H groups in total. The zero-order valence-corrected chi connectivity index (χ0v) is 8.49. The molecule has 1 aromatic heterocycles. The zero-order valence-electron chi connectivity index (χ0n) is 8.49. The van der Waals surface area contributed by atoms with Crippen LogP contribution in [0.3, 0.4) is 0 Å². The van der Waals surface area contributed by atoms with Gasteiger partial charge in [0.1, 0.15) is 5.76 Å². The van der Waals surface area contributed by atoms with Crippen LogP contribution in [0.2, 0.25) is 0 Å². The van der Waals surface area contributed by atoms with Crippen LogP contribution in [0, 0.1) is 0 Å². The van der Waals surface area contributed by atoms with Gasteiger partial charge in [0.25, 0.3) is 0 Å². The lowest BCUT2D eigenvalue weighted by Crippen LogP contribution is -2.02. The van der Waals surface area contributed by atoms with Crippen molar-refractivity contribution in [1.82, 2.24) is 0 Å². The highest BCUT2D eigenvalue weighted by atomic mass is 16.4. The number of rotatable bonds is 2. The van der Waals surface area contributed by atoms with Gasteiger partial charge in [-0.25, -0.2) is 4.79 Å². The van der Waals surface area contributed by atoms with Crippen LogP contribution >= 0.6 is 0 Å². The Hall–Kier alpha value is -1.61. The van der Waals surface area contributed by atoms with Gasteiger partial charge in [-0.15, -0.1) is 0 Å². The van der Waals surface area contributed by atoms with Crippen LogP contribution in [0.5, 0.6) is 0 Å². The standard InChI is InChI=1S/C12H12O3/c1-2-10-6-9-4-3-8(7-13)5-11(9)12(14)15-10/h3-6,13H,2,7H2,1H3. The van der Waals surface area contributed by atoms with Crippen molar-refractivity contribution in [2.75, 3.05) is 0 Å². The molecule has 0 aliphatic heterocycles. The van der Waals surface area contributed by atoms with Crippen LogP contribution < -0.4 is 5.63 Å². The Labute approximate surface area is 87.0 Å². The topological polar surface area (TPSA) is 50.4 Å². The van der Waals surface area contributed by atoms with Crippen LogP contribution in [-0.4, -0.2) is 5.11 Å². The minimum atomic E-state index is -0.334. The number of benzene rings is 1. The van der Waals surface area contributed by atoms with Gasteiger partial charge in [-0.1, -0.05) is 19.1 Å². The molecular weight excluding hydrogens is 192 g/mol. The number of aryl methyl sites for hydroxylation is 1. The summed E-state index contributed by atoms with van der Waals surface area (Å²) < 4.78 is 5.10. The van der Waals surface area contributed by atoms with Crippen molar-refractivity contribution in [3.8, 4) is 0 Å². The van der Waals surface area contributed by atoms with Crippen LogP contribution in [0.15, 0.2) is 33.5 Å². The van der Waals surface area contributed by atoms with E-state index >= 15 is 0 Å². The zero-order chi connectivity index (χ0) is 10.8. The van der Waals surface area contributed by atoms with E-state index in [9.17, 15) is 4.79 Å². The first kappa shape index (κ1) is 9.93. The molecule has 3 nitrogen and oxygen atoms in total. The lowest BCUT2D eigenvalue weighted by Gasteiger charge is -2.01. The summed E-state index contributed by atoms with van der Waals surface area (Å²) in [7, 11) is 0. The van der Waals surface area contributed by atoms with E-state index in [1.54, 1.807) is 12.1 Å². The molecule has 1 heterocycles. The van der Waals surface area contributed by atoms with Crippen molar-refractivity contribution in [2.24, 2.45) is 0 Å². The molecule has 0 unspecified atom stereocenters. The van der Waals surface area contributed by atoms with E-state index in [1.807, 2.05) is 19.1 Å². The number of aliphatic hydroxyl groups is 1. The molecule has 0 spiro atoms. The largest absolute Gasteiger partial charge is 0.427 e. The van der Waals surface area contributed by atoms with Crippen molar-refractivity contribution in [1.29, 1.82) is 0 Å². The summed E-state index contributed by atoms with van der Waals surface area (Å²) in [5.74, 6) is 0.684. The van der Waals surface area contributed by atoms with Crippen LogP contribution in [0.4, 0.5) is 0 Å². The molecule has 0 aliphatic carbocycles. The molecule has 0 atom stereocenters. The van der Waals surface area contributed by atoms with Crippen molar-refractivity contribution in [2.45, 2.75) is 20.0 Å². The molecular formula is C12H12O3. The summed E-state index contributed by atoms with van der Waals surface area (Å²) in [5.41, 5.74) is 0.388. The minimum absolute atomic E-state index is 0.0646. The van der Waals surface area contributed by atoms with Gasteiger partial charge in [-0.05, 0) is 23.1 Å². The summed E-state index contributed by atoms with van der Waals surface area (Å²) in [4.78, 5) is 11.6. The average Bonchev–Trinajstić information content (AvgIpc) is 2.28. The molecule has 0 fully saturated rings. The maximum absolute atomic E-state index is 11.6. The molecule has 78 valence electrons. The van der Waals surface area contributed by atoms with Gasteiger partial charge in [0.05, 0.1) is 12.0 Å². The molecule has 0 saturated heterocycles. The predicted molar refractivity (Wildman–Crippen MR) is 57.8 cm³/mol. The predicted octanol–water partition coefficient (Wildman–Crippen LogP) is 1.85. The van der Waals surface area contributed by atoms with Crippen LogP contribution in [-0.2, 0) is 13.0 Å². The lowest BCUT2D eigenvalue weighted by atomic mass is 10.1. The van der Waals surface area contributed by atoms with Crippen molar-refractivity contribution >= 4 is 10.8 Å². The average molecular weight is 204 g/mol. The van der Waals surface area contributed by atoms with Crippen molar-refractivity contribution in [3.05, 3.63) is 46.0 Å². The van der Waals surface area contributed by atoms with Gasteiger partial charge < -0.3 is 9.52 Å². The first-order valence-corrected chi connectivity index (χ1v) is 4.91. The SMILES string of the molecule is CCc1cc2ccc(CO)cc2c(=O)o1. The smallest absolute Gasteiger partial charge is 0.343 e. The molecule has 3 heteroatoms. The highest BCUT2D eigenvalue weighted by molar-refractivity contribution is 5.81. The monoisotopic (exact) mass is 204 g/mol. The molecule has 1 aromatic carbocycles. The molecule has 15 heavy (non-hydrogen) atoms. The molecule has 0 saturated carbocycles. The summed E-state index contributed by atoms with van der Waals surface area (Å²) in [6.45, 7) is 1.87. The normalized spacial score (nSPS) is 10.8. The van der Waals surface area contributed by atoms with Crippen LogP contribution in [0.25, 0.3) is 10.8 Å². The Morgan fingerprint density at radius 2 is 2.13 bits per heavy atom. The maximum Gasteiger partial charge on any atom is 0.343 e. The summed E-state index contributed by atoms with van der Waals surface area (Å²) in [6.07, 6.45) is 0.701. The van der Waals surface area contributed by atoms with Gasteiger partial charge >= 0.3 is 5.63 Å². The summed E-state index contributed by atoms with van der Waals surface area (Å²) in [6, 6.07) is 7.16. The molecule has 0 bridgehead atoms. The lowest BCUT2D eigenvalue weighted by molar-refractivity contribution is 0.282. The first-order chi connectivity index (χ1) is 7.24. The Morgan fingerprint density at radius 1 is 1.33 bits per heavy atom. The second-order valence-electron chi connectivity index (χ2n) is 3.43. The second kappa shape index (κ2) is 3.87. The Morgan fingerprint density at radius 3 is 2.80 bits per heavy atom. The molecule has 0 radical (unpaired) electrons. The summed E-state index contributed by atoms with van der Waals surface area (Å²) >= 11 is 0. The van der Waals surface area contributed by atoms with Gasteiger partial charge in [-0.2, -0.15) is 0 Å². The summed E-state index contributed by atoms with van der Waals surface area (Å²) in [5, 5.41) is 10.3. The highest BCUT2D eigenvalue weighted by Gasteiger charge is 2.03.